The van der Waals surface area contributed by atoms with Crippen molar-refractivity contribution in [2.45, 2.75) is 13.1 Å². The van der Waals surface area contributed by atoms with Gasteiger partial charge < -0.3 is 9.84 Å². The molecule has 2 aromatic rings. The Hall–Kier alpha value is -2.64. The summed E-state index contributed by atoms with van der Waals surface area (Å²) in [5.74, 6) is -3.31. The Morgan fingerprint density at radius 1 is 1.22 bits per heavy atom. The molecule has 0 radical (unpaired) electrons. The lowest BCUT2D eigenvalue weighted by Gasteiger charge is -2.16. The maximum Gasteiger partial charge on any atom is 0.419 e. The maximum atomic E-state index is 14.4. The summed E-state index contributed by atoms with van der Waals surface area (Å²) in [5, 5.41) is 9.18. The molecule has 23 heavy (non-hydrogen) atoms. The molecule has 0 amide bonds. The third kappa shape index (κ3) is 3.10. The molecule has 0 saturated carbocycles. The normalized spacial score (nSPS) is 11.4. The molecule has 0 aliphatic carbocycles. The number of aromatic nitrogens is 1. The van der Waals surface area contributed by atoms with Crippen LogP contribution in [-0.4, -0.2) is 23.2 Å². The van der Waals surface area contributed by atoms with Gasteiger partial charge in [0, 0.05) is 5.69 Å². The van der Waals surface area contributed by atoms with Crippen molar-refractivity contribution in [2.24, 2.45) is 0 Å². The molecule has 0 unspecified atom stereocenters. The van der Waals surface area contributed by atoms with Crippen LogP contribution < -0.4 is 4.74 Å². The number of carbonyl (C=O) groups is 1. The highest BCUT2D eigenvalue weighted by Gasteiger charge is 2.37. The monoisotopic (exact) mass is 329 g/mol. The molecule has 2 rings (SSSR count). The Morgan fingerprint density at radius 3 is 2.39 bits per heavy atom. The van der Waals surface area contributed by atoms with E-state index in [4.69, 9.17) is 4.74 Å². The first-order valence-electron chi connectivity index (χ1n) is 6.31. The number of hydrogen-bond acceptors (Lipinski definition) is 3. The van der Waals surface area contributed by atoms with E-state index in [1.54, 1.807) is 0 Å². The second-order valence-corrected chi connectivity index (χ2v) is 4.66. The van der Waals surface area contributed by atoms with Crippen LogP contribution >= 0.6 is 0 Å². The first kappa shape index (κ1) is 16.7. The summed E-state index contributed by atoms with van der Waals surface area (Å²) in [5.41, 5.74) is -2.68. The first-order valence-corrected chi connectivity index (χ1v) is 6.31. The van der Waals surface area contributed by atoms with Gasteiger partial charge >= 0.3 is 12.1 Å². The molecule has 0 saturated heterocycles. The van der Waals surface area contributed by atoms with Crippen LogP contribution in [0.5, 0.6) is 5.75 Å². The van der Waals surface area contributed by atoms with Gasteiger partial charge in [0.1, 0.15) is 11.6 Å². The van der Waals surface area contributed by atoms with Crippen molar-refractivity contribution in [2.75, 3.05) is 7.11 Å². The second kappa shape index (κ2) is 5.86. The number of hydrogen-bond donors (Lipinski definition) is 1. The van der Waals surface area contributed by atoms with Crippen LogP contribution in [0.25, 0.3) is 11.3 Å². The summed E-state index contributed by atoms with van der Waals surface area (Å²) < 4.78 is 58.0. The number of benzene rings is 1. The average Bonchev–Trinajstić information content (AvgIpc) is 2.44. The Balaban J connectivity index is 2.87. The summed E-state index contributed by atoms with van der Waals surface area (Å²) in [6.45, 7) is 1.51. The molecule has 0 aliphatic heterocycles. The van der Waals surface area contributed by atoms with Crippen LogP contribution in [0.2, 0.25) is 0 Å². The SMILES string of the molecule is COc1ccc(C(F)(F)F)c(F)c1-c1nc(C)ccc1C(=O)O. The lowest BCUT2D eigenvalue weighted by Crippen LogP contribution is -2.11. The number of aryl methyl sites for hydroxylation is 1. The number of methoxy groups -OCH3 is 1. The van der Waals surface area contributed by atoms with E-state index >= 15 is 0 Å². The van der Waals surface area contributed by atoms with E-state index in [1.807, 2.05) is 0 Å². The molecule has 1 N–H and O–H groups in total. The zero-order valence-electron chi connectivity index (χ0n) is 12.0. The van der Waals surface area contributed by atoms with Crippen LogP contribution in [0.15, 0.2) is 24.3 Å². The fourth-order valence-corrected chi connectivity index (χ4v) is 2.09. The highest BCUT2D eigenvalue weighted by atomic mass is 19.4. The summed E-state index contributed by atoms with van der Waals surface area (Å²) in [6.07, 6.45) is -4.93. The second-order valence-electron chi connectivity index (χ2n) is 4.66. The quantitative estimate of drug-likeness (QED) is 0.867. The van der Waals surface area contributed by atoms with Gasteiger partial charge in [-0.05, 0) is 31.2 Å². The van der Waals surface area contributed by atoms with E-state index in [-0.39, 0.29) is 5.75 Å². The third-order valence-corrected chi connectivity index (χ3v) is 3.13. The minimum atomic E-state index is -4.93. The molecule has 0 aliphatic rings. The number of rotatable bonds is 3. The van der Waals surface area contributed by atoms with E-state index in [9.17, 15) is 27.5 Å². The Morgan fingerprint density at radius 2 is 1.87 bits per heavy atom. The van der Waals surface area contributed by atoms with Crippen LogP contribution in [-0.2, 0) is 6.18 Å². The van der Waals surface area contributed by atoms with Crippen molar-refractivity contribution < 1.29 is 32.2 Å². The number of ether oxygens (including phenoxy) is 1. The summed E-state index contributed by atoms with van der Waals surface area (Å²) in [4.78, 5) is 15.2. The standard InChI is InChI=1S/C15H11F4NO3/c1-7-3-4-8(14(21)22)13(20-7)11-10(23-2)6-5-9(12(11)16)15(17,18)19/h3-6H,1-2H3,(H,21,22). The predicted molar refractivity (Wildman–Crippen MR) is 72.9 cm³/mol. The van der Waals surface area contributed by atoms with Crippen molar-refractivity contribution in [1.29, 1.82) is 0 Å². The first-order chi connectivity index (χ1) is 10.7. The number of carboxylic acids is 1. The molecule has 0 spiro atoms. The minimum absolute atomic E-state index is 0.240. The molecular weight excluding hydrogens is 318 g/mol. The lowest BCUT2D eigenvalue weighted by atomic mass is 10.0. The van der Waals surface area contributed by atoms with Gasteiger partial charge in [0.2, 0.25) is 0 Å². The molecule has 0 fully saturated rings. The third-order valence-electron chi connectivity index (χ3n) is 3.13. The molecule has 8 heteroatoms. The number of alkyl halides is 3. The molecular formula is C15H11F4NO3. The highest BCUT2D eigenvalue weighted by Crippen LogP contribution is 2.40. The van der Waals surface area contributed by atoms with Crippen molar-refractivity contribution >= 4 is 5.97 Å². The summed E-state index contributed by atoms with van der Waals surface area (Å²) in [6, 6.07) is 3.98. The number of nitrogens with zero attached hydrogens (tertiary/aromatic N) is 1. The van der Waals surface area contributed by atoms with Gasteiger partial charge in [-0.2, -0.15) is 13.2 Å². The fourth-order valence-electron chi connectivity index (χ4n) is 2.09. The molecule has 1 heterocycles. The van der Waals surface area contributed by atoms with E-state index in [0.29, 0.717) is 11.8 Å². The highest BCUT2D eigenvalue weighted by molar-refractivity contribution is 5.95. The van der Waals surface area contributed by atoms with Crippen molar-refractivity contribution in [3.05, 3.63) is 46.9 Å². The lowest BCUT2D eigenvalue weighted by molar-refractivity contribution is -0.139. The Labute approximate surface area is 128 Å². The number of halogens is 4. The van der Waals surface area contributed by atoms with E-state index in [1.165, 1.54) is 13.0 Å². The zero-order valence-corrected chi connectivity index (χ0v) is 12.0. The van der Waals surface area contributed by atoms with Crippen LogP contribution in [0.3, 0.4) is 0 Å². The largest absolute Gasteiger partial charge is 0.496 e. The van der Waals surface area contributed by atoms with E-state index in [2.05, 4.69) is 4.98 Å². The molecule has 122 valence electrons. The zero-order chi connectivity index (χ0) is 17.4. The van der Waals surface area contributed by atoms with Crippen molar-refractivity contribution in [3.8, 4) is 17.0 Å². The molecule has 1 aromatic carbocycles. The molecule has 0 atom stereocenters. The molecule has 4 nitrogen and oxygen atoms in total. The molecule has 0 bridgehead atoms. The van der Waals surface area contributed by atoms with E-state index < -0.39 is 40.3 Å². The average molecular weight is 329 g/mol. The maximum absolute atomic E-state index is 14.4. The van der Waals surface area contributed by atoms with Crippen LogP contribution in [0.1, 0.15) is 21.6 Å². The van der Waals surface area contributed by atoms with Gasteiger partial charge in [0.25, 0.3) is 0 Å². The predicted octanol–water partition coefficient (Wildman–Crippen LogP) is 3.92. The van der Waals surface area contributed by atoms with Gasteiger partial charge in [-0.1, -0.05) is 0 Å². The van der Waals surface area contributed by atoms with Gasteiger partial charge in [-0.25, -0.2) is 9.18 Å². The Kier molecular flexibility index (Phi) is 4.26. The van der Waals surface area contributed by atoms with Crippen LogP contribution in [0.4, 0.5) is 17.6 Å². The topological polar surface area (TPSA) is 59.4 Å². The minimum Gasteiger partial charge on any atom is -0.496 e. The summed E-state index contributed by atoms with van der Waals surface area (Å²) in [7, 11) is 1.14. The van der Waals surface area contributed by atoms with Gasteiger partial charge in [0.15, 0.2) is 0 Å². The van der Waals surface area contributed by atoms with Crippen LogP contribution in [0, 0.1) is 12.7 Å². The Bertz CT molecular complexity index is 772. The van der Waals surface area contributed by atoms with E-state index in [0.717, 1.165) is 19.2 Å². The van der Waals surface area contributed by atoms with Gasteiger partial charge in [-0.3, -0.25) is 4.98 Å². The fraction of sp³-hybridized carbons (Fsp3) is 0.200. The molecule has 1 aromatic heterocycles. The van der Waals surface area contributed by atoms with Gasteiger partial charge in [0.05, 0.1) is 29.5 Å². The van der Waals surface area contributed by atoms with Crippen molar-refractivity contribution in [3.63, 3.8) is 0 Å². The number of aromatic carboxylic acids is 1. The number of pyridine rings is 1. The summed E-state index contributed by atoms with van der Waals surface area (Å²) >= 11 is 0. The van der Waals surface area contributed by atoms with Crippen molar-refractivity contribution in [1.82, 2.24) is 4.98 Å². The smallest absolute Gasteiger partial charge is 0.419 e. The van der Waals surface area contributed by atoms with Gasteiger partial charge in [-0.15, -0.1) is 0 Å². The number of carboxylic acid groups (broad SMARTS) is 1.